The molecule has 0 radical (unpaired) electrons. The molecule has 0 fully saturated rings. The van der Waals surface area contributed by atoms with Crippen molar-refractivity contribution >= 4 is 12.0 Å². The highest BCUT2D eigenvalue weighted by molar-refractivity contribution is 5.76. The summed E-state index contributed by atoms with van der Waals surface area (Å²) in [5, 5.41) is 0. The number of hydrogen-bond donors (Lipinski definition) is 1. The van der Waals surface area contributed by atoms with Crippen molar-refractivity contribution in [3.05, 3.63) is 35.7 Å². The Kier molecular flexibility index (Phi) is 4.56. The minimum absolute atomic E-state index is 0.0362. The van der Waals surface area contributed by atoms with Crippen molar-refractivity contribution in [2.75, 3.05) is 0 Å². The Hall–Kier alpha value is -1.98. The van der Waals surface area contributed by atoms with E-state index in [0.717, 1.165) is 12.1 Å². The van der Waals surface area contributed by atoms with Crippen LogP contribution in [0.4, 0.5) is 13.2 Å². The van der Waals surface area contributed by atoms with Gasteiger partial charge >= 0.3 is 6.61 Å². The van der Waals surface area contributed by atoms with Crippen molar-refractivity contribution in [1.82, 2.24) is 0 Å². The van der Waals surface area contributed by atoms with Crippen LogP contribution in [0.1, 0.15) is 12.0 Å². The maximum absolute atomic E-state index is 12.8. The lowest BCUT2D eigenvalue weighted by Crippen LogP contribution is -2.08. The molecule has 0 spiro atoms. The van der Waals surface area contributed by atoms with Gasteiger partial charge in [-0.05, 0) is 12.1 Å². The summed E-state index contributed by atoms with van der Waals surface area (Å²) in [7, 11) is 0. The summed E-state index contributed by atoms with van der Waals surface area (Å²) in [5.41, 5.74) is 5.14. The minimum Gasteiger partial charge on any atom is -0.434 e. The topological polar surface area (TPSA) is 52.3 Å². The van der Waals surface area contributed by atoms with Gasteiger partial charge in [-0.25, -0.2) is 4.39 Å². The van der Waals surface area contributed by atoms with E-state index in [0.29, 0.717) is 0 Å². The van der Waals surface area contributed by atoms with Gasteiger partial charge in [0.05, 0.1) is 0 Å². The average molecular weight is 245 g/mol. The lowest BCUT2D eigenvalue weighted by atomic mass is 10.1. The predicted molar refractivity (Wildman–Crippen MR) is 55.9 cm³/mol. The van der Waals surface area contributed by atoms with Crippen LogP contribution >= 0.6 is 0 Å². The summed E-state index contributed by atoms with van der Waals surface area (Å²) >= 11 is 0. The zero-order valence-corrected chi connectivity index (χ0v) is 8.70. The molecule has 1 amide bonds. The van der Waals surface area contributed by atoms with Crippen LogP contribution in [0.3, 0.4) is 0 Å². The van der Waals surface area contributed by atoms with Crippen molar-refractivity contribution in [2.24, 2.45) is 5.73 Å². The van der Waals surface area contributed by atoms with Crippen LogP contribution in [0.15, 0.2) is 24.3 Å². The van der Waals surface area contributed by atoms with E-state index < -0.39 is 18.3 Å². The smallest absolute Gasteiger partial charge is 0.387 e. The molecule has 1 aromatic rings. The molecule has 92 valence electrons. The van der Waals surface area contributed by atoms with Gasteiger partial charge in [0.15, 0.2) is 0 Å². The second-order valence-electron chi connectivity index (χ2n) is 3.13. The molecule has 1 aromatic carbocycles. The second kappa shape index (κ2) is 5.93. The molecular formula is C11H10F3NO2. The number of primary amides is 1. The van der Waals surface area contributed by atoms with Gasteiger partial charge in [-0.2, -0.15) is 8.78 Å². The monoisotopic (exact) mass is 245 g/mol. The Labute approximate surface area is 95.7 Å². The molecule has 3 nitrogen and oxygen atoms in total. The Morgan fingerprint density at radius 3 is 2.76 bits per heavy atom. The number of nitrogens with two attached hydrogens (primary N) is 1. The van der Waals surface area contributed by atoms with E-state index in [2.05, 4.69) is 4.74 Å². The van der Waals surface area contributed by atoms with E-state index in [1.807, 2.05) is 0 Å². The Morgan fingerprint density at radius 2 is 2.18 bits per heavy atom. The highest BCUT2D eigenvalue weighted by atomic mass is 19.3. The Morgan fingerprint density at radius 1 is 1.47 bits per heavy atom. The van der Waals surface area contributed by atoms with E-state index >= 15 is 0 Å². The molecule has 0 heterocycles. The molecular weight excluding hydrogens is 235 g/mol. The van der Waals surface area contributed by atoms with E-state index in [4.69, 9.17) is 5.73 Å². The standard InChI is InChI=1S/C11H10F3NO2/c12-8-5-4-7(2-1-3-10(15)16)9(6-8)17-11(13)14/h1-2,4-6,11H,3H2,(H2,15,16). The minimum atomic E-state index is -3.04. The van der Waals surface area contributed by atoms with Gasteiger partial charge in [0, 0.05) is 18.1 Å². The number of rotatable bonds is 5. The fraction of sp³-hybridized carbons (Fsp3) is 0.182. The summed E-state index contributed by atoms with van der Waals surface area (Å²) in [6.45, 7) is -3.04. The van der Waals surface area contributed by atoms with Crippen LogP contribution in [-0.4, -0.2) is 12.5 Å². The van der Waals surface area contributed by atoms with Crippen LogP contribution in [0.25, 0.3) is 6.08 Å². The molecule has 0 aliphatic rings. The molecule has 1 rings (SSSR count). The molecule has 0 aliphatic heterocycles. The third kappa shape index (κ3) is 4.58. The van der Waals surface area contributed by atoms with Crippen LogP contribution < -0.4 is 10.5 Å². The summed E-state index contributed by atoms with van der Waals surface area (Å²) in [4.78, 5) is 10.5. The quantitative estimate of drug-likeness (QED) is 0.865. The normalized spacial score (nSPS) is 11.1. The molecule has 0 unspecified atom stereocenters. The third-order valence-corrected chi connectivity index (χ3v) is 1.81. The van der Waals surface area contributed by atoms with Crippen LogP contribution in [-0.2, 0) is 4.79 Å². The Bertz CT molecular complexity index is 433. The number of amides is 1. The number of hydrogen-bond acceptors (Lipinski definition) is 2. The van der Waals surface area contributed by atoms with Gasteiger partial charge in [-0.15, -0.1) is 0 Å². The first-order valence-electron chi connectivity index (χ1n) is 4.68. The van der Waals surface area contributed by atoms with Gasteiger partial charge in [-0.1, -0.05) is 12.2 Å². The number of halogens is 3. The summed E-state index contributed by atoms with van der Waals surface area (Å²) in [6, 6.07) is 3.21. The zero-order chi connectivity index (χ0) is 12.8. The third-order valence-electron chi connectivity index (χ3n) is 1.81. The van der Waals surface area contributed by atoms with Crippen molar-refractivity contribution < 1.29 is 22.7 Å². The lowest BCUT2D eigenvalue weighted by molar-refractivity contribution is -0.117. The molecule has 6 heteroatoms. The largest absolute Gasteiger partial charge is 0.434 e. The molecule has 0 bridgehead atoms. The molecule has 0 atom stereocenters. The number of benzene rings is 1. The molecule has 0 aliphatic carbocycles. The average Bonchev–Trinajstić information content (AvgIpc) is 2.20. The van der Waals surface area contributed by atoms with Crippen LogP contribution in [0.2, 0.25) is 0 Å². The van der Waals surface area contributed by atoms with E-state index in [1.54, 1.807) is 0 Å². The maximum Gasteiger partial charge on any atom is 0.387 e. The maximum atomic E-state index is 12.8. The SMILES string of the molecule is NC(=O)CC=Cc1ccc(F)cc1OC(F)F. The van der Waals surface area contributed by atoms with Gasteiger partial charge in [-0.3, -0.25) is 4.79 Å². The Balaban J connectivity index is 2.89. The molecule has 2 N–H and O–H groups in total. The number of alkyl halides is 2. The van der Waals surface area contributed by atoms with Gasteiger partial charge in [0.1, 0.15) is 11.6 Å². The number of carbonyl (C=O) groups is 1. The lowest BCUT2D eigenvalue weighted by Gasteiger charge is -2.07. The highest BCUT2D eigenvalue weighted by Gasteiger charge is 2.09. The van der Waals surface area contributed by atoms with Gasteiger partial charge in [0.2, 0.25) is 5.91 Å². The van der Waals surface area contributed by atoms with Crippen molar-refractivity contribution in [1.29, 1.82) is 0 Å². The van der Waals surface area contributed by atoms with E-state index in [9.17, 15) is 18.0 Å². The summed E-state index contributed by atoms with van der Waals surface area (Å²) in [5.74, 6) is -1.53. The van der Waals surface area contributed by atoms with Crippen LogP contribution in [0, 0.1) is 5.82 Å². The number of carbonyl (C=O) groups excluding carboxylic acids is 1. The zero-order valence-electron chi connectivity index (χ0n) is 8.70. The van der Waals surface area contributed by atoms with Crippen molar-refractivity contribution in [3.8, 4) is 5.75 Å². The first-order valence-corrected chi connectivity index (χ1v) is 4.68. The fourth-order valence-corrected chi connectivity index (χ4v) is 1.15. The fourth-order valence-electron chi connectivity index (χ4n) is 1.15. The van der Waals surface area contributed by atoms with Crippen molar-refractivity contribution in [3.63, 3.8) is 0 Å². The molecule has 0 aromatic heterocycles. The number of ether oxygens (including phenoxy) is 1. The molecule has 17 heavy (non-hydrogen) atoms. The van der Waals surface area contributed by atoms with Crippen molar-refractivity contribution in [2.45, 2.75) is 13.0 Å². The van der Waals surface area contributed by atoms with E-state index in [-0.39, 0.29) is 17.7 Å². The molecule has 0 saturated heterocycles. The highest BCUT2D eigenvalue weighted by Crippen LogP contribution is 2.23. The van der Waals surface area contributed by atoms with Gasteiger partial charge in [0.25, 0.3) is 0 Å². The molecule has 0 saturated carbocycles. The first-order chi connectivity index (χ1) is 7.99. The second-order valence-corrected chi connectivity index (χ2v) is 3.13. The summed E-state index contributed by atoms with van der Waals surface area (Å²) < 4.78 is 41.0. The van der Waals surface area contributed by atoms with Gasteiger partial charge < -0.3 is 10.5 Å². The summed E-state index contributed by atoms with van der Waals surface area (Å²) in [6.07, 6.45) is 2.71. The predicted octanol–water partition coefficient (Wildman–Crippen LogP) is 2.32. The first kappa shape index (κ1) is 13.1. The van der Waals surface area contributed by atoms with E-state index in [1.165, 1.54) is 18.2 Å². The van der Waals surface area contributed by atoms with Crippen LogP contribution in [0.5, 0.6) is 5.75 Å².